The molecule has 144 valence electrons. The van der Waals surface area contributed by atoms with Crippen molar-refractivity contribution in [3.8, 4) is 17.2 Å². The van der Waals surface area contributed by atoms with Gasteiger partial charge in [0.15, 0.2) is 0 Å². The molecule has 0 aliphatic carbocycles. The minimum Gasteiger partial charge on any atom is -0.489 e. The third-order valence-electron chi connectivity index (χ3n) is 4.32. The Labute approximate surface area is 164 Å². The van der Waals surface area contributed by atoms with Gasteiger partial charge >= 0.3 is 5.69 Å². The molecule has 0 atom stereocenters. The molecule has 0 aliphatic rings. The first kappa shape index (κ1) is 19.4. The van der Waals surface area contributed by atoms with Gasteiger partial charge in [-0.25, -0.2) is 0 Å². The van der Waals surface area contributed by atoms with E-state index in [1.807, 2.05) is 54.6 Å². The molecule has 0 bridgehead atoms. The Morgan fingerprint density at radius 3 is 2.14 bits per heavy atom. The molecule has 0 saturated carbocycles. The number of ether oxygens (including phenoxy) is 2. The fourth-order valence-electron chi connectivity index (χ4n) is 2.71. The van der Waals surface area contributed by atoms with E-state index >= 15 is 0 Å². The van der Waals surface area contributed by atoms with Crippen LogP contribution in [0, 0.1) is 10.1 Å². The second-order valence-corrected chi connectivity index (χ2v) is 7.54. The van der Waals surface area contributed by atoms with Gasteiger partial charge in [0.1, 0.15) is 18.1 Å². The van der Waals surface area contributed by atoms with E-state index in [-0.39, 0.29) is 16.9 Å². The van der Waals surface area contributed by atoms with Crippen molar-refractivity contribution in [2.45, 2.75) is 32.8 Å². The van der Waals surface area contributed by atoms with Gasteiger partial charge in [0, 0.05) is 0 Å². The summed E-state index contributed by atoms with van der Waals surface area (Å²) in [5.74, 6) is 1.15. The average Bonchev–Trinajstić information content (AvgIpc) is 2.67. The minimum atomic E-state index is -0.464. The number of benzene rings is 3. The molecule has 0 fully saturated rings. The van der Waals surface area contributed by atoms with Gasteiger partial charge in [-0.05, 0) is 40.8 Å². The van der Waals surface area contributed by atoms with Crippen LogP contribution in [0.4, 0.5) is 5.69 Å². The summed E-state index contributed by atoms with van der Waals surface area (Å²) in [5.41, 5.74) is 2.05. The van der Waals surface area contributed by atoms with Crippen LogP contribution in [0.3, 0.4) is 0 Å². The van der Waals surface area contributed by atoms with Gasteiger partial charge in [-0.1, -0.05) is 63.2 Å². The quantitative estimate of drug-likeness (QED) is 0.375. The standard InChI is InChI=1S/C23H23NO4/c1-23(2,3)18-9-11-19(12-10-18)28-22-14-13-20(15-21(22)24(25)26)27-16-17-7-5-4-6-8-17/h4-15H,16H2,1-3H3. The SMILES string of the molecule is CC(C)(C)c1ccc(Oc2ccc(OCc3ccccc3)cc2[N+](=O)[O-])cc1. The third kappa shape index (κ3) is 4.88. The number of nitrogens with zero attached hydrogens (tertiary/aromatic N) is 1. The van der Waals surface area contributed by atoms with Crippen molar-refractivity contribution in [2.24, 2.45) is 0 Å². The summed E-state index contributed by atoms with van der Waals surface area (Å²) in [5, 5.41) is 11.5. The molecule has 0 unspecified atom stereocenters. The lowest BCUT2D eigenvalue weighted by molar-refractivity contribution is -0.385. The number of rotatable bonds is 6. The summed E-state index contributed by atoms with van der Waals surface area (Å²) in [7, 11) is 0. The Morgan fingerprint density at radius 2 is 1.54 bits per heavy atom. The van der Waals surface area contributed by atoms with Crippen molar-refractivity contribution >= 4 is 5.69 Å². The van der Waals surface area contributed by atoms with Crippen molar-refractivity contribution < 1.29 is 14.4 Å². The normalized spacial score (nSPS) is 11.1. The molecule has 0 N–H and O–H groups in total. The highest BCUT2D eigenvalue weighted by Gasteiger charge is 2.18. The number of nitro groups is 1. The topological polar surface area (TPSA) is 61.6 Å². The highest BCUT2D eigenvalue weighted by Crippen LogP contribution is 2.35. The molecule has 0 amide bonds. The molecule has 3 rings (SSSR count). The predicted molar refractivity (Wildman–Crippen MR) is 109 cm³/mol. The van der Waals surface area contributed by atoms with Crippen LogP contribution >= 0.6 is 0 Å². The zero-order chi connectivity index (χ0) is 20.1. The number of hydrogen-bond acceptors (Lipinski definition) is 4. The van der Waals surface area contributed by atoms with Crippen LogP contribution in [0.15, 0.2) is 72.8 Å². The predicted octanol–water partition coefficient (Wildman–Crippen LogP) is 6.26. The minimum absolute atomic E-state index is 0.0300. The lowest BCUT2D eigenvalue weighted by atomic mass is 9.87. The van der Waals surface area contributed by atoms with Crippen LogP contribution < -0.4 is 9.47 Å². The second kappa shape index (κ2) is 8.13. The summed E-state index contributed by atoms with van der Waals surface area (Å²) < 4.78 is 11.4. The molecule has 0 spiro atoms. The van der Waals surface area contributed by atoms with Crippen LogP contribution in [-0.4, -0.2) is 4.92 Å². The van der Waals surface area contributed by atoms with E-state index in [1.165, 1.54) is 11.6 Å². The fourth-order valence-corrected chi connectivity index (χ4v) is 2.71. The molecule has 0 radical (unpaired) electrons. The van der Waals surface area contributed by atoms with Gasteiger partial charge in [-0.3, -0.25) is 10.1 Å². The smallest absolute Gasteiger partial charge is 0.315 e. The van der Waals surface area contributed by atoms with Gasteiger partial charge in [-0.2, -0.15) is 0 Å². The Kier molecular flexibility index (Phi) is 5.64. The summed E-state index contributed by atoms with van der Waals surface area (Å²) in [6, 6.07) is 21.9. The van der Waals surface area contributed by atoms with Crippen LogP contribution in [-0.2, 0) is 12.0 Å². The van der Waals surface area contributed by atoms with Crippen LogP contribution in [0.1, 0.15) is 31.9 Å². The van der Waals surface area contributed by atoms with Gasteiger partial charge < -0.3 is 9.47 Å². The van der Waals surface area contributed by atoms with E-state index in [2.05, 4.69) is 20.8 Å². The van der Waals surface area contributed by atoms with Crippen molar-refractivity contribution in [3.05, 3.63) is 94.0 Å². The lowest BCUT2D eigenvalue weighted by Crippen LogP contribution is -2.10. The molecular formula is C23H23NO4. The first-order chi connectivity index (χ1) is 13.3. The first-order valence-electron chi connectivity index (χ1n) is 9.06. The van der Waals surface area contributed by atoms with Gasteiger partial charge in [0.25, 0.3) is 0 Å². The first-order valence-corrected chi connectivity index (χ1v) is 9.06. The summed E-state index contributed by atoms with van der Waals surface area (Å²) in [4.78, 5) is 11.0. The van der Waals surface area contributed by atoms with Crippen molar-refractivity contribution in [3.63, 3.8) is 0 Å². The molecule has 28 heavy (non-hydrogen) atoms. The van der Waals surface area contributed by atoms with Crippen LogP contribution in [0.25, 0.3) is 0 Å². The average molecular weight is 377 g/mol. The molecule has 0 saturated heterocycles. The zero-order valence-corrected chi connectivity index (χ0v) is 16.2. The number of hydrogen-bond donors (Lipinski definition) is 0. The van der Waals surface area contributed by atoms with E-state index in [9.17, 15) is 10.1 Å². The maximum absolute atomic E-state index is 11.5. The largest absolute Gasteiger partial charge is 0.489 e. The molecule has 3 aromatic carbocycles. The van der Waals surface area contributed by atoms with E-state index in [0.29, 0.717) is 18.1 Å². The van der Waals surface area contributed by atoms with Gasteiger partial charge in [0.05, 0.1) is 11.0 Å². The van der Waals surface area contributed by atoms with E-state index in [4.69, 9.17) is 9.47 Å². The monoisotopic (exact) mass is 377 g/mol. The molecule has 5 nitrogen and oxygen atoms in total. The van der Waals surface area contributed by atoms with Gasteiger partial charge in [-0.15, -0.1) is 0 Å². The van der Waals surface area contributed by atoms with Crippen molar-refractivity contribution in [1.82, 2.24) is 0 Å². The zero-order valence-electron chi connectivity index (χ0n) is 16.2. The Bertz CT molecular complexity index is 945. The van der Waals surface area contributed by atoms with Crippen LogP contribution in [0.5, 0.6) is 17.2 Å². The molecule has 5 heteroatoms. The van der Waals surface area contributed by atoms with E-state index in [1.54, 1.807) is 12.1 Å². The molecule has 0 heterocycles. The van der Waals surface area contributed by atoms with Crippen molar-refractivity contribution in [2.75, 3.05) is 0 Å². The molecule has 0 aromatic heterocycles. The molecule has 3 aromatic rings. The Hall–Kier alpha value is -3.34. The van der Waals surface area contributed by atoms with Crippen molar-refractivity contribution in [1.29, 1.82) is 0 Å². The Balaban J connectivity index is 1.76. The highest BCUT2D eigenvalue weighted by atomic mass is 16.6. The second-order valence-electron chi connectivity index (χ2n) is 7.54. The lowest BCUT2D eigenvalue weighted by Gasteiger charge is -2.19. The summed E-state index contributed by atoms with van der Waals surface area (Å²) in [6.07, 6.45) is 0. The Morgan fingerprint density at radius 1 is 0.893 bits per heavy atom. The molecular weight excluding hydrogens is 354 g/mol. The summed E-state index contributed by atoms with van der Waals surface area (Å²) >= 11 is 0. The number of nitro benzene ring substituents is 1. The van der Waals surface area contributed by atoms with Crippen LogP contribution in [0.2, 0.25) is 0 Å². The highest BCUT2D eigenvalue weighted by molar-refractivity contribution is 5.52. The van der Waals surface area contributed by atoms with E-state index in [0.717, 1.165) is 5.56 Å². The maximum Gasteiger partial charge on any atom is 0.315 e. The van der Waals surface area contributed by atoms with Gasteiger partial charge in [0.2, 0.25) is 5.75 Å². The maximum atomic E-state index is 11.5. The molecule has 0 aliphatic heterocycles. The van der Waals surface area contributed by atoms with E-state index < -0.39 is 4.92 Å². The fraction of sp³-hybridized carbons (Fsp3) is 0.217. The third-order valence-corrected chi connectivity index (χ3v) is 4.32. The summed E-state index contributed by atoms with van der Waals surface area (Å²) in [6.45, 7) is 6.72.